The number of hydrogen-bond acceptors (Lipinski definition) is 2. The summed E-state index contributed by atoms with van der Waals surface area (Å²) >= 11 is 0. The molecule has 0 saturated carbocycles. The van der Waals surface area contributed by atoms with Gasteiger partial charge in [0.2, 0.25) is 0 Å². The van der Waals surface area contributed by atoms with E-state index in [-0.39, 0.29) is 11.5 Å². The number of carbonyl (C=O) groups excluding carboxylic acids is 1. The molecule has 0 aliphatic rings. The van der Waals surface area contributed by atoms with Crippen molar-refractivity contribution < 1.29 is 18.3 Å². The fraction of sp³-hybridized carbons (Fsp3) is 0.417. The third-order valence-corrected chi connectivity index (χ3v) is 2.40. The Kier molecular flexibility index (Phi) is 4.55. The summed E-state index contributed by atoms with van der Waals surface area (Å²) in [7, 11) is 1.53. The largest absolute Gasteiger partial charge is 0.385 e. The van der Waals surface area contributed by atoms with Gasteiger partial charge in [0.05, 0.1) is 5.56 Å². The second-order valence-electron chi connectivity index (χ2n) is 3.67. The Hall–Kier alpha value is -1.29. The van der Waals surface area contributed by atoms with Gasteiger partial charge >= 0.3 is 0 Å². The molecule has 0 heterocycles. The summed E-state index contributed by atoms with van der Waals surface area (Å²) in [4.78, 5) is 11.8. The van der Waals surface area contributed by atoms with E-state index in [1.165, 1.54) is 7.11 Å². The predicted molar refractivity (Wildman–Crippen MR) is 56.3 cm³/mol. The van der Waals surface area contributed by atoms with Crippen molar-refractivity contribution in [3.05, 3.63) is 35.4 Å². The van der Waals surface area contributed by atoms with Crippen molar-refractivity contribution in [3.8, 4) is 0 Å². The van der Waals surface area contributed by atoms with E-state index >= 15 is 0 Å². The minimum Gasteiger partial charge on any atom is -0.385 e. The van der Waals surface area contributed by atoms with Crippen molar-refractivity contribution in [1.82, 2.24) is 0 Å². The summed E-state index contributed by atoms with van der Waals surface area (Å²) in [5.41, 5.74) is -0.191. The molecule has 1 unspecified atom stereocenters. The highest BCUT2D eigenvalue weighted by molar-refractivity contribution is 5.97. The molecule has 16 heavy (non-hydrogen) atoms. The number of ether oxygens (including phenoxy) is 1. The number of benzene rings is 1. The summed E-state index contributed by atoms with van der Waals surface area (Å²) in [6.07, 6.45) is 0.491. The fourth-order valence-electron chi connectivity index (χ4n) is 1.38. The number of Topliss-reactive ketones (excluding diaryl/α,β-unsaturated/α-hetero) is 1. The van der Waals surface area contributed by atoms with Gasteiger partial charge < -0.3 is 4.74 Å². The van der Waals surface area contributed by atoms with Crippen LogP contribution in [-0.2, 0) is 4.74 Å². The number of carbonyl (C=O) groups is 1. The lowest BCUT2D eigenvalue weighted by Gasteiger charge is -2.10. The monoisotopic (exact) mass is 228 g/mol. The van der Waals surface area contributed by atoms with Crippen LogP contribution < -0.4 is 0 Å². The Balaban J connectivity index is 2.83. The molecular formula is C12H14F2O2. The second-order valence-corrected chi connectivity index (χ2v) is 3.67. The van der Waals surface area contributed by atoms with Gasteiger partial charge in [-0.2, -0.15) is 0 Å². The molecule has 0 aromatic heterocycles. The lowest BCUT2D eigenvalue weighted by atomic mass is 9.96. The van der Waals surface area contributed by atoms with Gasteiger partial charge in [-0.15, -0.1) is 0 Å². The normalized spacial score (nSPS) is 12.5. The van der Waals surface area contributed by atoms with Gasteiger partial charge in [-0.25, -0.2) is 8.78 Å². The smallest absolute Gasteiger partial charge is 0.168 e. The maximum absolute atomic E-state index is 13.3. The molecule has 0 radical (unpaired) electrons. The SMILES string of the molecule is COCCC(C)C(=O)c1cc(F)ccc1F. The number of methoxy groups -OCH3 is 1. The summed E-state index contributed by atoms with van der Waals surface area (Å²) in [5, 5.41) is 0. The summed E-state index contributed by atoms with van der Waals surface area (Å²) in [5.74, 6) is -2.07. The topological polar surface area (TPSA) is 26.3 Å². The Morgan fingerprint density at radius 1 is 1.44 bits per heavy atom. The molecule has 2 nitrogen and oxygen atoms in total. The van der Waals surface area contributed by atoms with Gasteiger partial charge in [0.15, 0.2) is 5.78 Å². The zero-order valence-corrected chi connectivity index (χ0v) is 9.30. The molecule has 0 spiro atoms. The molecule has 1 rings (SSSR count). The van der Waals surface area contributed by atoms with Crippen LogP contribution in [-0.4, -0.2) is 19.5 Å². The van der Waals surface area contributed by atoms with Gasteiger partial charge in [0, 0.05) is 19.6 Å². The summed E-state index contributed by atoms with van der Waals surface area (Å²) in [6, 6.07) is 2.89. The van der Waals surface area contributed by atoms with E-state index in [9.17, 15) is 13.6 Å². The number of rotatable bonds is 5. The first-order chi connectivity index (χ1) is 7.56. The average Bonchev–Trinajstić information content (AvgIpc) is 2.28. The first kappa shape index (κ1) is 12.8. The number of ketones is 1. The predicted octanol–water partition coefficient (Wildman–Crippen LogP) is 2.82. The molecule has 0 aliphatic carbocycles. The van der Waals surface area contributed by atoms with Gasteiger partial charge in [-0.3, -0.25) is 4.79 Å². The Bertz CT molecular complexity index is 377. The van der Waals surface area contributed by atoms with E-state index in [4.69, 9.17) is 4.74 Å². The van der Waals surface area contributed by atoms with E-state index in [1.807, 2.05) is 0 Å². The highest BCUT2D eigenvalue weighted by atomic mass is 19.1. The summed E-state index contributed by atoms with van der Waals surface area (Å²) < 4.78 is 31.0. The third-order valence-electron chi connectivity index (χ3n) is 2.40. The van der Waals surface area contributed by atoms with Gasteiger partial charge in [-0.1, -0.05) is 6.92 Å². The quantitative estimate of drug-likeness (QED) is 0.724. The van der Waals surface area contributed by atoms with Crippen LogP contribution >= 0.6 is 0 Å². The number of hydrogen-bond donors (Lipinski definition) is 0. The van der Waals surface area contributed by atoms with Crippen molar-refractivity contribution in [2.75, 3.05) is 13.7 Å². The Labute approximate surface area is 93.2 Å². The standard InChI is InChI=1S/C12H14F2O2/c1-8(5-6-16-2)12(15)10-7-9(13)3-4-11(10)14/h3-4,7-8H,5-6H2,1-2H3. The van der Waals surface area contributed by atoms with Crippen LogP contribution in [0.4, 0.5) is 8.78 Å². The van der Waals surface area contributed by atoms with Gasteiger partial charge in [0.1, 0.15) is 11.6 Å². The molecule has 1 aromatic carbocycles. The van der Waals surface area contributed by atoms with E-state index < -0.39 is 17.4 Å². The van der Waals surface area contributed by atoms with E-state index in [0.29, 0.717) is 13.0 Å². The minimum atomic E-state index is -0.685. The van der Waals surface area contributed by atoms with Gasteiger partial charge in [-0.05, 0) is 24.6 Å². The van der Waals surface area contributed by atoms with E-state index in [1.54, 1.807) is 6.92 Å². The highest BCUT2D eigenvalue weighted by Gasteiger charge is 2.19. The van der Waals surface area contributed by atoms with Crippen LogP contribution in [0, 0.1) is 17.6 Å². The maximum Gasteiger partial charge on any atom is 0.168 e. The molecule has 0 N–H and O–H groups in total. The molecule has 1 atom stereocenters. The highest BCUT2D eigenvalue weighted by Crippen LogP contribution is 2.16. The van der Waals surface area contributed by atoms with E-state index in [0.717, 1.165) is 18.2 Å². The third kappa shape index (κ3) is 3.10. The second kappa shape index (κ2) is 5.70. The lowest BCUT2D eigenvalue weighted by Crippen LogP contribution is -2.15. The van der Waals surface area contributed by atoms with E-state index in [2.05, 4.69) is 0 Å². The minimum absolute atomic E-state index is 0.191. The molecule has 0 fully saturated rings. The molecule has 88 valence electrons. The van der Waals surface area contributed by atoms with Crippen LogP contribution in [0.1, 0.15) is 23.7 Å². The van der Waals surface area contributed by atoms with Crippen molar-refractivity contribution in [2.45, 2.75) is 13.3 Å². The first-order valence-electron chi connectivity index (χ1n) is 5.04. The van der Waals surface area contributed by atoms with Crippen molar-refractivity contribution >= 4 is 5.78 Å². The van der Waals surface area contributed by atoms with Gasteiger partial charge in [0.25, 0.3) is 0 Å². The van der Waals surface area contributed by atoms with Crippen LogP contribution in [0.25, 0.3) is 0 Å². The molecule has 0 amide bonds. The molecular weight excluding hydrogens is 214 g/mol. The van der Waals surface area contributed by atoms with Crippen LogP contribution in [0.5, 0.6) is 0 Å². The van der Waals surface area contributed by atoms with Crippen LogP contribution in [0.15, 0.2) is 18.2 Å². The average molecular weight is 228 g/mol. The molecule has 1 aromatic rings. The Morgan fingerprint density at radius 2 is 2.12 bits per heavy atom. The molecule has 0 aliphatic heterocycles. The fourth-order valence-corrected chi connectivity index (χ4v) is 1.38. The summed E-state index contributed by atoms with van der Waals surface area (Å²) in [6.45, 7) is 2.09. The maximum atomic E-state index is 13.3. The molecule has 0 bridgehead atoms. The zero-order chi connectivity index (χ0) is 12.1. The van der Waals surface area contributed by atoms with Crippen molar-refractivity contribution in [3.63, 3.8) is 0 Å². The molecule has 0 saturated heterocycles. The lowest BCUT2D eigenvalue weighted by molar-refractivity contribution is 0.0889. The van der Waals surface area contributed by atoms with Crippen LogP contribution in [0.3, 0.4) is 0 Å². The molecule has 4 heteroatoms. The Morgan fingerprint density at radius 3 is 2.75 bits per heavy atom. The first-order valence-corrected chi connectivity index (χ1v) is 5.04. The zero-order valence-electron chi connectivity index (χ0n) is 9.30. The van der Waals surface area contributed by atoms with Crippen molar-refractivity contribution in [1.29, 1.82) is 0 Å². The number of halogens is 2. The van der Waals surface area contributed by atoms with Crippen molar-refractivity contribution in [2.24, 2.45) is 5.92 Å². The van der Waals surface area contributed by atoms with Crippen LogP contribution in [0.2, 0.25) is 0 Å².